The molecule has 0 saturated carbocycles. The van der Waals surface area contributed by atoms with E-state index in [1.165, 1.54) is 6.07 Å². The van der Waals surface area contributed by atoms with Crippen LogP contribution in [0.2, 0.25) is 0 Å². The van der Waals surface area contributed by atoms with E-state index in [1.54, 1.807) is 18.2 Å². The van der Waals surface area contributed by atoms with E-state index in [9.17, 15) is 15.8 Å². The van der Waals surface area contributed by atoms with Crippen LogP contribution in [0.25, 0.3) is 52.9 Å². The minimum atomic E-state index is -1.33. The first-order valence-corrected chi connectivity index (χ1v) is 11.8. The molecule has 0 N–H and O–H groups in total. The highest BCUT2D eigenvalue weighted by molar-refractivity contribution is 6.29. The number of aromatic nitrogens is 4. The maximum atomic E-state index is 16.9. The standard InChI is InChI=1S/C30H3F3N12/c1-38-17(7-35)21-13-5-12-14(6-34)20(15-10-42-19(9-37)44-28(15)32)25(18(8-36)39-2)22(12)26(31)24(13)27(40-3)23(21)16-11-43-30(41-4)45-29(16)33/h5,10-11H/b21-17-,25-18-. The summed E-state index contributed by atoms with van der Waals surface area (Å²) >= 11 is 0. The van der Waals surface area contributed by atoms with E-state index in [0.29, 0.717) is 0 Å². The zero-order valence-corrected chi connectivity index (χ0v) is 21.7. The summed E-state index contributed by atoms with van der Waals surface area (Å²) in [6.45, 7) is 30.0. The lowest BCUT2D eigenvalue weighted by atomic mass is 9.91. The molecule has 0 bridgehead atoms. The largest absolute Gasteiger partial charge is 0.394 e. The predicted molar refractivity (Wildman–Crippen MR) is 145 cm³/mol. The van der Waals surface area contributed by atoms with Crippen molar-refractivity contribution in [2.24, 2.45) is 0 Å². The topological polar surface area (TPSA) is 164 Å². The Labute approximate surface area is 250 Å². The Balaban J connectivity index is 1.98. The summed E-state index contributed by atoms with van der Waals surface area (Å²) in [5, 5.41) is 38.8. The second-order valence-electron chi connectivity index (χ2n) is 8.62. The van der Waals surface area contributed by atoms with E-state index in [4.69, 9.17) is 31.6 Å². The molecule has 1 aromatic carbocycles. The second-order valence-corrected chi connectivity index (χ2v) is 8.62. The third-order valence-electron chi connectivity index (χ3n) is 6.62. The molecule has 0 fully saturated rings. The van der Waals surface area contributed by atoms with Crippen LogP contribution in [0.4, 0.5) is 19.1 Å². The molecule has 2 aliphatic rings. The molecule has 45 heavy (non-hydrogen) atoms. The van der Waals surface area contributed by atoms with Crippen molar-refractivity contribution in [3.05, 3.63) is 132 Å². The van der Waals surface area contributed by atoms with Crippen LogP contribution in [0, 0.1) is 89.3 Å². The number of rotatable bonds is 2. The van der Waals surface area contributed by atoms with E-state index in [0.717, 1.165) is 18.5 Å². The van der Waals surface area contributed by atoms with E-state index >= 15 is 13.2 Å². The monoisotopic (exact) mass is 588 g/mol. The fourth-order valence-corrected chi connectivity index (χ4v) is 4.96. The lowest BCUT2D eigenvalue weighted by Crippen LogP contribution is -2.02. The van der Waals surface area contributed by atoms with Gasteiger partial charge in [0.15, 0.2) is 0 Å². The van der Waals surface area contributed by atoms with Gasteiger partial charge in [-0.25, -0.2) is 34.4 Å². The van der Waals surface area contributed by atoms with Crippen LogP contribution in [0.1, 0.15) is 39.2 Å². The third kappa shape index (κ3) is 4.01. The summed E-state index contributed by atoms with van der Waals surface area (Å²) in [5.74, 6) is -5.13. The van der Waals surface area contributed by atoms with Crippen molar-refractivity contribution < 1.29 is 13.2 Å². The highest BCUT2D eigenvalue weighted by Crippen LogP contribution is 2.56. The molecule has 0 atom stereocenters. The molecule has 0 radical (unpaired) electrons. The van der Waals surface area contributed by atoms with E-state index < -0.39 is 96.7 Å². The average Bonchev–Trinajstić information content (AvgIpc) is 3.55. The minimum Gasteiger partial charge on any atom is -0.394 e. The van der Waals surface area contributed by atoms with E-state index in [2.05, 4.69) is 39.3 Å². The van der Waals surface area contributed by atoms with Crippen LogP contribution in [0.5, 0.6) is 0 Å². The van der Waals surface area contributed by atoms with Crippen LogP contribution in [-0.2, 0) is 0 Å². The van der Waals surface area contributed by atoms with Crippen molar-refractivity contribution in [1.82, 2.24) is 19.9 Å². The summed E-state index contributed by atoms with van der Waals surface area (Å²) in [4.78, 5) is 26.7. The number of halogens is 3. The highest BCUT2D eigenvalue weighted by atomic mass is 19.1. The number of allylic oxidation sites excluding steroid dienone is 7. The van der Waals surface area contributed by atoms with Gasteiger partial charge in [-0.05, 0) is 22.8 Å². The minimum absolute atomic E-state index is 0.306. The Bertz CT molecular complexity index is 2410. The van der Waals surface area contributed by atoms with Gasteiger partial charge in [-0.3, -0.25) is 0 Å². The van der Waals surface area contributed by atoms with Gasteiger partial charge in [0.05, 0.1) is 54.8 Å². The van der Waals surface area contributed by atoms with Crippen LogP contribution in [0.15, 0.2) is 29.9 Å². The van der Waals surface area contributed by atoms with E-state index in [1.807, 2.05) is 0 Å². The zero-order valence-electron chi connectivity index (χ0n) is 21.7. The van der Waals surface area contributed by atoms with Crippen LogP contribution < -0.4 is 0 Å². The molecule has 0 aliphatic heterocycles. The Hall–Kier alpha value is -7.95. The van der Waals surface area contributed by atoms with Crippen molar-refractivity contribution in [3.63, 3.8) is 0 Å². The van der Waals surface area contributed by atoms with Crippen molar-refractivity contribution in [2.45, 2.75) is 0 Å². The van der Waals surface area contributed by atoms with Gasteiger partial charge in [0, 0.05) is 34.0 Å². The summed E-state index contributed by atoms with van der Waals surface area (Å²) in [6, 6.07) is 7.64. The van der Waals surface area contributed by atoms with Gasteiger partial charge in [0.25, 0.3) is 17.3 Å². The van der Waals surface area contributed by atoms with Crippen molar-refractivity contribution >= 4 is 39.5 Å². The molecule has 15 heteroatoms. The number of nitrogens with zero attached hydrogens (tertiary/aromatic N) is 12. The first-order valence-electron chi connectivity index (χ1n) is 11.8. The molecule has 0 spiro atoms. The van der Waals surface area contributed by atoms with Gasteiger partial charge in [-0.15, -0.1) is 11.6 Å². The molecule has 3 aromatic rings. The van der Waals surface area contributed by atoms with Gasteiger partial charge in [-0.1, -0.05) is 0 Å². The van der Waals surface area contributed by atoms with Crippen molar-refractivity contribution in [1.29, 1.82) is 21.0 Å². The fourth-order valence-electron chi connectivity index (χ4n) is 4.96. The lowest BCUT2D eigenvalue weighted by molar-refractivity contribution is 0.573. The summed E-state index contributed by atoms with van der Waals surface area (Å²) in [5.41, 5.74) is -7.30. The number of nitriles is 4. The Kier molecular flexibility index (Phi) is 6.85. The summed E-state index contributed by atoms with van der Waals surface area (Å²) < 4.78 is 47.3. The zero-order chi connectivity index (χ0) is 32.6. The molecule has 0 amide bonds. The number of hydrogen-bond donors (Lipinski definition) is 0. The molecule has 2 aromatic heterocycles. The Morgan fingerprint density at radius 1 is 0.689 bits per heavy atom. The van der Waals surface area contributed by atoms with Crippen LogP contribution >= 0.6 is 0 Å². The molecule has 2 heterocycles. The molecular weight excluding hydrogens is 585 g/mol. The number of fused-ring (bicyclic) bond motifs is 2. The van der Waals surface area contributed by atoms with Gasteiger partial charge >= 0.3 is 5.95 Å². The highest BCUT2D eigenvalue weighted by Gasteiger charge is 2.42. The fraction of sp³-hybridized carbons (Fsp3) is 0. The summed E-state index contributed by atoms with van der Waals surface area (Å²) in [7, 11) is 0. The molecule has 0 saturated heterocycles. The average molecular weight is 588 g/mol. The SMILES string of the molecule is [C-]#[N+]C1=C(c2cnc([N+]#[C-])nc2F)/C(=C(/C#N)[N+]#[C-])c2cc3c(c(F)c21)/C(=C(/C#N)[N+]#[C-])C(c1cnc(C#N)nc1F)=C3C#N. The van der Waals surface area contributed by atoms with Crippen molar-refractivity contribution in [2.75, 3.05) is 0 Å². The van der Waals surface area contributed by atoms with Crippen LogP contribution in [-0.4, -0.2) is 19.9 Å². The first kappa shape index (κ1) is 28.6. The molecule has 204 valence electrons. The van der Waals surface area contributed by atoms with Crippen molar-refractivity contribution in [3.8, 4) is 24.3 Å². The third-order valence-corrected chi connectivity index (χ3v) is 6.62. The Morgan fingerprint density at radius 3 is 1.84 bits per heavy atom. The summed E-state index contributed by atoms with van der Waals surface area (Å²) in [6.07, 6.45) is 1.65. The van der Waals surface area contributed by atoms with Gasteiger partial charge < -0.3 is 4.85 Å². The number of benzene rings is 1. The molecular formula is C30H3F3N12. The smallest absolute Gasteiger partial charge is 0.374 e. The maximum Gasteiger partial charge on any atom is 0.374 e. The molecule has 5 rings (SSSR count). The first-order chi connectivity index (χ1) is 21.7. The molecule has 12 nitrogen and oxygen atoms in total. The van der Waals surface area contributed by atoms with Gasteiger partial charge in [0.2, 0.25) is 17.5 Å². The number of hydrogen-bond acceptors (Lipinski definition) is 8. The van der Waals surface area contributed by atoms with Gasteiger partial charge in [0.1, 0.15) is 18.0 Å². The second kappa shape index (κ2) is 10.8. The van der Waals surface area contributed by atoms with Gasteiger partial charge in [-0.2, -0.15) is 29.3 Å². The quantitative estimate of drug-likeness (QED) is 0.210. The molecule has 0 unspecified atom stereocenters. The lowest BCUT2D eigenvalue weighted by Gasteiger charge is -2.13. The Morgan fingerprint density at radius 2 is 1.31 bits per heavy atom. The van der Waals surface area contributed by atoms with E-state index in [-0.39, 0.29) is 11.1 Å². The molecule has 2 aliphatic carbocycles. The normalized spacial score (nSPS) is 14.7. The predicted octanol–water partition coefficient (Wildman–Crippen LogP) is 5.66. The van der Waals surface area contributed by atoms with Crippen LogP contribution in [0.3, 0.4) is 0 Å². The maximum absolute atomic E-state index is 16.9.